The lowest BCUT2D eigenvalue weighted by atomic mass is 10.2. The zero-order chi connectivity index (χ0) is 9.97. The van der Waals surface area contributed by atoms with E-state index in [1.165, 1.54) is 17.6 Å². The van der Waals surface area contributed by atoms with E-state index < -0.39 is 5.91 Å². The molecule has 2 aromatic rings. The van der Waals surface area contributed by atoms with E-state index >= 15 is 0 Å². The Kier molecular flexibility index (Phi) is 2.28. The number of aromatic nitrogens is 1. The maximum atomic E-state index is 10.5. The Morgan fingerprint density at radius 3 is 3.00 bits per heavy atom. The van der Waals surface area contributed by atoms with Crippen LogP contribution in [0.25, 0.3) is 16.2 Å². The van der Waals surface area contributed by atoms with Crippen molar-refractivity contribution >= 4 is 33.6 Å². The van der Waals surface area contributed by atoms with Gasteiger partial charge in [-0.25, -0.2) is 0 Å². The summed E-state index contributed by atoms with van der Waals surface area (Å²) >= 11 is 1.41. The zero-order valence-corrected chi connectivity index (χ0v) is 8.12. The number of hydrogen-bond acceptors (Lipinski definition) is 3. The van der Waals surface area contributed by atoms with Gasteiger partial charge in [0.15, 0.2) is 0 Å². The van der Waals surface area contributed by atoms with E-state index in [-0.39, 0.29) is 0 Å². The Labute approximate surface area is 85.0 Å². The van der Waals surface area contributed by atoms with Crippen LogP contribution in [0.2, 0.25) is 0 Å². The predicted molar refractivity (Wildman–Crippen MR) is 57.8 cm³/mol. The highest BCUT2D eigenvalue weighted by molar-refractivity contribution is 7.13. The third-order valence-electron chi connectivity index (χ3n) is 1.81. The molecule has 1 amide bonds. The molecule has 0 aliphatic heterocycles. The molecule has 1 aromatic carbocycles. The number of carbonyl (C=O) groups is 1. The average molecular weight is 204 g/mol. The summed E-state index contributed by atoms with van der Waals surface area (Å²) < 4.78 is 5.32. The minimum absolute atomic E-state index is 0.456. The molecule has 0 bridgehead atoms. The van der Waals surface area contributed by atoms with Crippen LogP contribution in [-0.2, 0) is 4.79 Å². The van der Waals surface area contributed by atoms with Crippen LogP contribution in [0.3, 0.4) is 0 Å². The van der Waals surface area contributed by atoms with E-state index in [0.29, 0.717) is 0 Å². The largest absolute Gasteiger partial charge is 0.366 e. The van der Waals surface area contributed by atoms with Crippen LogP contribution in [0.1, 0.15) is 5.69 Å². The van der Waals surface area contributed by atoms with Gasteiger partial charge in [-0.15, -0.1) is 0 Å². The normalized spacial score (nSPS) is 11.1. The molecule has 0 atom stereocenters. The lowest BCUT2D eigenvalue weighted by Crippen LogP contribution is -2.05. The number of primary amides is 1. The number of nitrogens with two attached hydrogens (primary N) is 1. The van der Waals surface area contributed by atoms with E-state index in [2.05, 4.69) is 4.37 Å². The Morgan fingerprint density at radius 2 is 2.21 bits per heavy atom. The van der Waals surface area contributed by atoms with Crippen LogP contribution in [0.4, 0.5) is 0 Å². The molecule has 0 unspecified atom stereocenters. The first-order valence-electron chi connectivity index (χ1n) is 4.09. The van der Waals surface area contributed by atoms with E-state index in [4.69, 9.17) is 5.73 Å². The maximum Gasteiger partial charge on any atom is 0.241 e. The van der Waals surface area contributed by atoms with E-state index in [1.807, 2.05) is 24.3 Å². The predicted octanol–water partition coefficient (Wildman–Crippen LogP) is 1.79. The first kappa shape index (κ1) is 8.90. The van der Waals surface area contributed by atoms with Crippen LogP contribution in [0.5, 0.6) is 0 Å². The van der Waals surface area contributed by atoms with Crippen molar-refractivity contribution in [1.29, 1.82) is 0 Å². The SMILES string of the molecule is NC(=O)C=Cc1nsc2ccccc12. The van der Waals surface area contributed by atoms with Crippen LogP contribution in [0, 0.1) is 0 Å². The summed E-state index contributed by atoms with van der Waals surface area (Å²) in [6, 6.07) is 7.87. The zero-order valence-electron chi connectivity index (χ0n) is 7.31. The van der Waals surface area contributed by atoms with Gasteiger partial charge in [-0.05, 0) is 23.7 Å². The first-order chi connectivity index (χ1) is 6.77. The second-order valence-electron chi connectivity index (χ2n) is 2.80. The molecular weight excluding hydrogens is 196 g/mol. The Balaban J connectivity index is 2.48. The third-order valence-corrected chi connectivity index (χ3v) is 2.65. The minimum Gasteiger partial charge on any atom is -0.366 e. The summed E-state index contributed by atoms with van der Waals surface area (Å²) in [5.41, 5.74) is 5.80. The summed E-state index contributed by atoms with van der Waals surface area (Å²) in [6.07, 6.45) is 2.96. The number of benzene rings is 1. The third kappa shape index (κ3) is 1.65. The van der Waals surface area contributed by atoms with Gasteiger partial charge in [0.05, 0.1) is 10.4 Å². The molecule has 1 aromatic heterocycles. The fraction of sp³-hybridized carbons (Fsp3) is 0. The molecule has 0 radical (unpaired) electrons. The highest BCUT2D eigenvalue weighted by Crippen LogP contribution is 2.22. The second kappa shape index (κ2) is 3.59. The van der Waals surface area contributed by atoms with Crippen molar-refractivity contribution in [3.8, 4) is 0 Å². The number of carbonyl (C=O) groups excluding carboxylic acids is 1. The maximum absolute atomic E-state index is 10.5. The van der Waals surface area contributed by atoms with Crippen molar-refractivity contribution in [2.75, 3.05) is 0 Å². The molecule has 70 valence electrons. The van der Waals surface area contributed by atoms with Gasteiger partial charge in [-0.1, -0.05) is 18.2 Å². The Bertz CT molecular complexity index is 502. The van der Waals surface area contributed by atoms with Crippen LogP contribution >= 0.6 is 11.5 Å². The highest BCUT2D eigenvalue weighted by atomic mass is 32.1. The first-order valence-corrected chi connectivity index (χ1v) is 4.86. The van der Waals surface area contributed by atoms with Gasteiger partial charge in [0.25, 0.3) is 0 Å². The monoisotopic (exact) mass is 204 g/mol. The quantitative estimate of drug-likeness (QED) is 0.758. The number of rotatable bonds is 2. The number of hydrogen-bond donors (Lipinski definition) is 1. The molecule has 2 N–H and O–H groups in total. The van der Waals surface area contributed by atoms with E-state index in [1.54, 1.807) is 6.08 Å². The lowest BCUT2D eigenvalue weighted by Gasteiger charge is -1.87. The van der Waals surface area contributed by atoms with Crippen molar-refractivity contribution < 1.29 is 4.79 Å². The van der Waals surface area contributed by atoms with Gasteiger partial charge in [-0.2, -0.15) is 4.37 Å². The van der Waals surface area contributed by atoms with Crippen LogP contribution in [-0.4, -0.2) is 10.3 Å². The summed E-state index contributed by atoms with van der Waals surface area (Å²) in [7, 11) is 0. The van der Waals surface area contributed by atoms with Gasteiger partial charge < -0.3 is 5.73 Å². The van der Waals surface area contributed by atoms with Gasteiger partial charge in [0.2, 0.25) is 5.91 Å². The van der Waals surface area contributed by atoms with Gasteiger partial charge in [-0.3, -0.25) is 4.79 Å². The van der Waals surface area contributed by atoms with Crippen molar-refractivity contribution in [1.82, 2.24) is 4.37 Å². The number of fused-ring (bicyclic) bond motifs is 1. The van der Waals surface area contributed by atoms with Gasteiger partial charge in [0, 0.05) is 11.5 Å². The Morgan fingerprint density at radius 1 is 1.43 bits per heavy atom. The van der Waals surface area contributed by atoms with Gasteiger partial charge in [0.1, 0.15) is 0 Å². The summed E-state index contributed by atoms with van der Waals surface area (Å²) in [6.45, 7) is 0. The van der Waals surface area contributed by atoms with Crippen LogP contribution in [0.15, 0.2) is 30.3 Å². The fourth-order valence-corrected chi connectivity index (χ4v) is 1.95. The van der Waals surface area contributed by atoms with E-state index in [9.17, 15) is 4.79 Å². The summed E-state index contributed by atoms with van der Waals surface area (Å²) in [4.78, 5) is 10.5. The molecule has 3 nitrogen and oxygen atoms in total. The van der Waals surface area contributed by atoms with Gasteiger partial charge >= 0.3 is 0 Å². The molecule has 0 saturated carbocycles. The smallest absolute Gasteiger partial charge is 0.241 e. The van der Waals surface area contributed by atoms with Crippen LogP contribution < -0.4 is 5.73 Å². The average Bonchev–Trinajstić information content (AvgIpc) is 2.58. The molecule has 4 heteroatoms. The lowest BCUT2D eigenvalue weighted by molar-refractivity contribution is -0.113. The fourth-order valence-electron chi connectivity index (χ4n) is 1.19. The van der Waals surface area contributed by atoms with Crippen molar-refractivity contribution in [3.63, 3.8) is 0 Å². The summed E-state index contributed by atoms with van der Waals surface area (Å²) in [5, 5.41) is 1.05. The molecule has 1 heterocycles. The highest BCUT2D eigenvalue weighted by Gasteiger charge is 2.01. The van der Waals surface area contributed by atoms with Crippen molar-refractivity contribution in [2.24, 2.45) is 5.73 Å². The number of nitrogens with zero attached hydrogens (tertiary/aromatic N) is 1. The molecule has 0 aliphatic rings. The molecule has 2 rings (SSSR count). The summed E-state index contributed by atoms with van der Waals surface area (Å²) in [5.74, 6) is -0.456. The topological polar surface area (TPSA) is 56.0 Å². The Hall–Kier alpha value is -1.68. The number of amides is 1. The minimum atomic E-state index is -0.456. The molecule has 0 spiro atoms. The molecular formula is C10H8N2OS. The molecule has 0 aliphatic carbocycles. The van der Waals surface area contributed by atoms with E-state index in [0.717, 1.165) is 15.8 Å². The second-order valence-corrected chi connectivity index (χ2v) is 3.60. The van der Waals surface area contributed by atoms with Crippen molar-refractivity contribution in [2.45, 2.75) is 0 Å². The molecule has 14 heavy (non-hydrogen) atoms. The molecule has 0 fully saturated rings. The molecule has 0 saturated heterocycles. The standard InChI is InChI=1S/C10H8N2OS/c11-10(13)6-5-8-7-3-1-2-4-9(7)14-12-8/h1-6H,(H2,11,13). The van der Waals surface area contributed by atoms with Crippen molar-refractivity contribution in [3.05, 3.63) is 36.0 Å².